The number of carbonyl (C=O) groups is 1. The van der Waals surface area contributed by atoms with Gasteiger partial charge >= 0.3 is 0 Å². The van der Waals surface area contributed by atoms with Gasteiger partial charge in [0.15, 0.2) is 5.96 Å². The Morgan fingerprint density at radius 3 is 2.20 bits per heavy atom. The van der Waals surface area contributed by atoms with Gasteiger partial charge in [-0.15, -0.1) is 0 Å². The van der Waals surface area contributed by atoms with Gasteiger partial charge in [-0.1, -0.05) is 20.8 Å². The second-order valence-electron chi connectivity index (χ2n) is 3.31. The van der Waals surface area contributed by atoms with Gasteiger partial charge in [-0.3, -0.25) is 10.2 Å². The zero-order valence-electron chi connectivity index (χ0n) is 10.6. The maximum Gasteiger partial charge on any atom is 0.188 e. The van der Waals surface area contributed by atoms with Crippen LogP contribution in [0.1, 0.15) is 40.5 Å². The Morgan fingerprint density at radius 2 is 1.93 bits per heavy atom. The van der Waals surface area contributed by atoms with Crippen molar-refractivity contribution >= 4 is 11.7 Å². The minimum absolute atomic E-state index is 0.0541. The molecule has 0 aromatic carbocycles. The quantitative estimate of drug-likeness (QED) is 0.543. The highest BCUT2D eigenvalue weighted by Gasteiger charge is 2.12. The van der Waals surface area contributed by atoms with E-state index < -0.39 is 0 Å². The van der Waals surface area contributed by atoms with Crippen molar-refractivity contribution in [3.8, 4) is 0 Å². The average Bonchev–Trinajstić information content (AvgIpc) is 2.20. The van der Waals surface area contributed by atoms with E-state index in [9.17, 15) is 4.79 Å². The lowest BCUT2D eigenvalue weighted by atomic mass is 9.98. The third kappa shape index (κ3) is 7.97. The summed E-state index contributed by atoms with van der Waals surface area (Å²) in [5.74, 6) is 0.389. The molecule has 0 radical (unpaired) electrons. The molecule has 0 aromatic rings. The van der Waals surface area contributed by atoms with Crippen molar-refractivity contribution in [2.75, 3.05) is 13.6 Å². The Hall–Kier alpha value is -1.06. The smallest absolute Gasteiger partial charge is 0.188 e. The minimum atomic E-state index is 0.0541. The molecule has 3 N–H and O–H groups in total. The van der Waals surface area contributed by atoms with Crippen molar-refractivity contribution in [2.45, 2.75) is 40.5 Å². The third-order valence-corrected chi connectivity index (χ3v) is 2.29. The number of guanidine groups is 1. The summed E-state index contributed by atoms with van der Waals surface area (Å²) in [5.41, 5.74) is 5.26. The highest BCUT2D eigenvalue weighted by Crippen LogP contribution is 2.09. The molecule has 0 bridgehead atoms. The maximum atomic E-state index is 11.1. The molecular weight excluding hydrogens is 190 g/mol. The Kier molecular flexibility index (Phi) is 10.4. The van der Waals surface area contributed by atoms with Gasteiger partial charge in [-0.05, 0) is 19.8 Å². The molecule has 0 aliphatic heterocycles. The summed E-state index contributed by atoms with van der Waals surface area (Å²) in [6.07, 6.45) is 1.64. The Bertz CT molecular complexity index is 192. The van der Waals surface area contributed by atoms with Crippen LogP contribution >= 0.6 is 0 Å². The summed E-state index contributed by atoms with van der Waals surface area (Å²) >= 11 is 0. The molecule has 90 valence electrons. The molecule has 0 saturated carbocycles. The summed E-state index contributed by atoms with van der Waals surface area (Å²) in [4.78, 5) is 12.7. The van der Waals surface area contributed by atoms with Gasteiger partial charge in [-0.25, -0.2) is 0 Å². The molecular formula is C11H25N3O. The van der Waals surface area contributed by atoms with Crippen LogP contribution in [0.5, 0.6) is 0 Å². The molecule has 0 saturated heterocycles. The first-order valence-electron chi connectivity index (χ1n) is 5.54. The van der Waals surface area contributed by atoms with Crippen LogP contribution in [-0.4, -0.2) is 30.2 Å². The topological polar surface area (TPSA) is 70.2 Å². The second kappa shape index (κ2) is 9.49. The number of rotatable bonds is 5. The zero-order valence-corrected chi connectivity index (χ0v) is 10.6. The van der Waals surface area contributed by atoms with E-state index in [1.165, 1.54) is 0 Å². The summed E-state index contributed by atoms with van der Waals surface area (Å²) in [5, 5.41) is 7.13. The lowest BCUT2D eigenvalue weighted by Crippen LogP contribution is -2.34. The van der Waals surface area contributed by atoms with Crippen molar-refractivity contribution in [3.05, 3.63) is 0 Å². The predicted octanol–water partition coefficient (Wildman–Crippen LogP) is 1.84. The summed E-state index contributed by atoms with van der Waals surface area (Å²) < 4.78 is 0. The van der Waals surface area contributed by atoms with Gasteiger partial charge in [0.2, 0.25) is 0 Å². The van der Waals surface area contributed by atoms with Crippen molar-refractivity contribution in [1.82, 2.24) is 4.90 Å². The van der Waals surface area contributed by atoms with Crippen molar-refractivity contribution in [2.24, 2.45) is 11.7 Å². The standard InChI is InChI=1S/C9H19N3O.C2H6/c1-4-8(7(2)13)5-6-12(3)9(10)11;1-2/h8H,4-6H2,1-3H3,(H3,10,11);1-2H3. The third-order valence-electron chi connectivity index (χ3n) is 2.29. The average molecular weight is 215 g/mol. The largest absolute Gasteiger partial charge is 0.370 e. The zero-order chi connectivity index (χ0) is 12.4. The van der Waals surface area contributed by atoms with Crippen molar-refractivity contribution in [3.63, 3.8) is 0 Å². The van der Waals surface area contributed by atoms with Crippen LogP contribution in [-0.2, 0) is 4.79 Å². The summed E-state index contributed by atoms with van der Waals surface area (Å²) in [6.45, 7) is 8.29. The Morgan fingerprint density at radius 1 is 1.47 bits per heavy atom. The van der Waals surface area contributed by atoms with Gasteiger partial charge in [0, 0.05) is 19.5 Å². The number of nitrogens with zero attached hydrogens (tertiary/aromatic N) is 1. The van der Waals surface area contributed by atoms with E-state index in [1.807, 2.05) is 20.8 Å². The molecule has 0 amide bonds. The molecule has 4 heteroatoms. The molecule has 15 heavy (non-hydrogen) atoms. The first kappa shape index (κ1) is 16.4. The van der Waals surface area contributed by atoms with Gasteiger partial charge in [0.1, 0.15) is 5.78 Å². The van der Waals surface area contributed by atoms with Gasteiger partial charge in [0.05, 0.1) is 0 Å². The number of carbonyl (C=O) groups excluding carboxylic acids is 1. The number of nitrogens with one attached hydrogen (secondary N) is 1. The second-order valence-corrected chi connectivity index (χ2v) is 3.31. The van der Waals surface area contributed by atoms with Crippen molar-refractivity contribution < 1.29 is 4.79 Å². The molecule has 1 unspecified atom stereocenters. The van der Waals surface area contributed by atoms with E-state index in [0.717, 1.165) is 12.8 Å². The van der Waals surface area contributed by atoms with E-state index >= 15 is 0 Å². The van der Waals surface area contributed by atoms with Gasteiger partial charge < -0.3 is 10.6 Å². The molecule has 0 rings (SSSR count). The Balaban J connectivity index is 0. The van der Waals surface area contributed by atoms with Crippen LogP contribution in [0.2, 0.25) is 0 Å². The van der Waals surface area contributed by atoms with Crippen LogP contribution in [0.4, 0.5) is 0 Å². The number of Topliss-reactive ketones (excluding diaryl/α,β-unsaturated/α-hetero) is 1. The molecule has 0 heterocycles. The molecule has 0 aliphatic rings. The molecule has 4 nitrogen and oxygen atoms in total. The Labute approximate surface area is 93.3 Å². The van der Waals surface area contributed by atoms with Crippen LogP contribution in [0.25, 0.3) is 0 Å². The summed E-state index contributed by atoms with van der Waals surface area (Å²) in [7, 11) is 1.76. The fourth-order valence-corrected chi connectivity index (χ4v) is 1.16. The van der Waals surface area contributed by atoms with E-state index in [-0.39, 0.29) is 17.7 Å². The van der Waals surface area contributed by atoms with Crippen LogP contribution < -0.4 is 5.73 Å². The number of nitrogens with two attached hydrogens (primary N) is 1. The van der Waals surface area contributed by atoms with Gasteiger partial charge in [-0.2, -0.15) is 0 Å². The highest BCUT2D eigenvalue weighted by atomic mass is 16.1. The fraction of sp³-hybridized carbons (Fsp3) is 0.818. The van der Waals surface area contributed by atoms with Gasteiger partial charge in [0.25, 0.3) is 0 Å². The molecule has 0 spiro atoms. The van der Waals surface area contributed by atoms with Crippen LogP contribution in [0, 0.1) is 11.3 Å². The van der Waals surface area contributed by atoms with Crippen LogP contribution in [0.15, 0.2) is 0 Å². The molecule has 0 aromatic heterocycles. The number of ketones is 1. The molecule has 0 fully saturated rings. The van der Waals surface area contributed by atoms with E-state index in [2.05, 4.69) is 0 Å². The SMILES string of the molecule is CC.CCC(CCN(C)C(=N)N)C(C)=O. The number of hydrogen-bond donors (Lipinski definition) is 2. The fourth-order valence-electron chi connectivity index (χ4n) is 1.16. The minimum Gasteiger partial charge on any atom is -0.370 e. The summed E-state index contributed by atoms with van der Waals surface area (Å²) in [6, 6.07) is 0. The van der Waals surface area contributed by atoms with E-state index in [1.54, 1.807) is 18.9 Å². The highest BCUT2D eigenvalue weighted by molar-refractivity contribution is 5.78. The lowest BCUT2D eigenvalue weighted by Gasteiger charge is -2.19. The monoisotopic (exact) mass is 215 g/mol. The lowest BCUT2D eigenvalue weighted by molar-refractivity contribution is -0.121. The predicted molar refractivity (Wildman–Crippen MR) is 65.0 cm³/mol. The molecule has 0 aliphatic carbocycles. The van der Waals surface area contributed by atoms with E-state index in [0.29, 0.717) is 6.54 Å². The van der Waals surface area contributed by atoms with E-state index in [4.69, 9.17) is 11.1 Å². The maximum absolute atomic E-state index is 11.1. The first-order valence-corrected chi connectivity index (χ1v) is 5.54. The molecule has 1 atom stereocenters. The number of hydrogen-bond acceptors (Lipinski definition) is 2. The van der Waals surface area contributed by atoms with Crippen molar-refractivity contribution in [1.29, 1.82) is 5.41 Å². The normalized spacial score (nSPS) is 11.0. The van der Waals surface area contributed by atoms with Crippen LogP contribution in [0.3, 0.4) is 0 Å². The first-order chi connectivity index (χ1) is 6.99.